The van der Waals surface area contributed by atoms with Crippen molar-refractivity contribution < 1.29 is 14.3 Å². The first kappa shape index (κ1) is 14.8. The lowest BCUT2D eigenvalue weighted by atomic mass is 9.87. The molecular weight excluding hydrogens is 252 g/mol. The Morgan fingerprint density at radius 1 is 1.56 bits per heavy atom. The molecule has 2 fully saturated rings. The predicted octanol–water partition coefficient (Wildman–Crippen LogP) is 1.53. The van der Waals surface area contributed by atoms with Gasteiger partial charge in [-0.2, -0.15) is 5.26 Å². The maximum Gasteiger partial charge on any atom is 0.302 e. The molecule has 2 rings (SSSR count). The number of ether oxygens (including phenoxy) is 1. The number of β-lactam (4-membered cyclic amide) rings is 1. The topological polar surface area (TPSA) is 70.4 Å². The van der Waals surface area contributed by atoms with E-state index in [1.807, 2.05) is 13.8 Å². The molecule has 0 N–H and O–H groups in total. The zero-order valence-electron chi connectivity index (χ0n) is 11.1. The van der Waals surface area contributed by atoms with Crippen LogP contribution in [0, 0.1) is 11.3 Å². The van der Waals surface area contributed by atoms with E-state index in [0.717, 1.165) is 6.54 Å². The fraction of sp³-hybridized carbons (Fsp3) is 0.750. The highest BCUT2D eigenvalue weighted by atomic mass is 32.2. The van der Waals surface area contributed by atoms with Crippen molar-refractivity contribution in [3.8, 4) is 6.07 Å². The number of esters is 1. The summed E-state index contributed by atoms with van der Waals surface area (Å²) in [5.41, 5.74) is 0. The van der Waals surface area contributed by atoms with E-state index in [2.05, 4.69) is 10.8 Å². The molecule has 0 saturated carbocycles. The Morgan fingerprint density at radius 2 is 2.17 bits per heavy atom. The van der Waals surface area contributed by atoms with Crippen molar-refractivity contribution in [1.29, 1.82) is 5.26 Å². The molecule has 0 radical (unpaired) electrons. The van der Waals surface area contributed by atoms with E-state index < -0.39 is 0 Å². The van der Waals surface area contributed by atoms with Crippen molar-refractivity contribution in [3.63, 3.8) is 0 Å². The summed E-state index contributed by atoms with van der Waals surface area (Å²) in [6.45, 7) is 8.27. The third kappa shape index (κ3) is 2.07. The van der Waals surface area contributed by atoms with Crippen LogP contribution in [0.4, 0.5) is 0 Å². The molecule has 0 aromatic rings. The van der Waals surface area contributed by atoms with Crippen molar-refractivity contribution in [3.05, 3.63) is 0 Å². The molecule has 2 aliphatic rings. The minimum absolute atomic E-state index is 0.145. The minimum Gasteiger partial charge on any atom is -0.466 e. The van der Waals surface area contributed by atoms with E-state index in [1.165, 1.54) is 6.92 Å². The Balaban J connectivity index is 0.000000232. The lowest BCUT2D eigenvalue weighted by Crippen LogP contribution is -2.62. The molecule has 18 heavy (non-hydrogen) atoms. The van der Waals surface area contributed by atoms with Crippen LogP contribution in [0.2, 0.25) is 0 Å². The third-order valence-corrected chi connectivity index (χ3v) is 4.98. The number of amides is 1. The van der Waals surface area contributed by atoms with E-state index in [4.69, 9.17) is 5.26 Å². The van der Waals surface area contributed by atoms with Crippen LogP contribution in [0.15, 0.2) is 0 Å². The largest absolute Gasteiger partial charge is 0.466 e. The van der Waals surface area contributed by atoms with Gasteiger partial charge in [0.25, 0.3) is 0 Å². The Labute approximate surface area is 111 Å². The number of thioether (sulfide) groups is 1. The Morgan fingerprint density at radius 3 is 2.44 bits per heavy atom. The van der Waals surface area contributed by atoms with Crippen molar-refractivity contribution in [2.45, 2.75) is 43.7 Å². The molecule has 2 heterocycles. The quantitative estimate of drug-likeness (QED) is 0.442. The summed E-state index contributed by atoms with van der Waals surface area (Å²) >= 11 is 1.63. The van der Waals surface area contributed by atoms with E-state index in [1.54, 1.807) is 23.6 Å². The molecule has 5 nitrogen and oxygen atoms in total. The average Bonchev–Trinajstić information content (AvgIpc) is 2.81. The van der Waals surface area contributed by atoms with Crippen LogP contribution < -0.4 is 0 Å². The molecule has 6 heteroatoms. The number of hydrogen-bond donors (Lipinski definition) is 0. The smallest absolute Gasteiger partial charge is 0.302 e. The summed E-state index contributed by atoms with van der Waals surface area (Å²) < 4.78 is 4.15. The number of fused-ring (bicyclic) bond motifs is 1. The van der Waals surface area contributed by atoms with E-state index in [9.17, 15) is 9.59 Å². The van der Waals surface area contributed by atoms with Gasteiger partial charge < -0.3 is 9.64 Å². The minimum atomic E-state index is -0.251. The summed E-state index contributed by atoms with van der Waals surface area (Å²) in [6.07, 6.45) is 0.466. The first-order valence-corrected chi connectivity index (χ1v) is 6.73. The van der Waals surface area contributed by atoms with Gasteiger partial charge in [0, 0.05) is 13.5 Å². The van der Waals surface area contributed by atoms with Crippen molar-refractivity contribution >= 4 is 23.6 Å². The maximum absolute atomic E-state index is 11.4. The zero-order chi connectivity index (χ0) is 14.0. The van der Waals surface area contributed by atoms with Crippen molar-refractivity contribution in [1.82, 2.24) is 4.90 Å². The number of nitrogens with zero attached hydrogens (tertiary/aromatic N) is 2. The van der Waals surface area contributed by atoms with Gasteiger partial charge >= 0.3 is 5.97 Å². The monoisotopic (exact) mass is 270 g/mol. The van der Waals surface area contributed by atoms with Crippen LogP contribution >= 0.6 is 11.8 Å². The van der Waals surface area contributed by atoms with Gasteiger partial charge in [0.05, 0.1) is 19.1 Å². The fourth-order valence-electron chi connectivity index (χ4n) is 2.21. The summed E-state index contributed by atoms with van der Waals surface area (Å²) in [5, 5.41) is 8.61. The Hall–Kier alpha value is -1.22. The average molecular weight is 270 g/mol. The summed E-state index contributed by atoms with van der Waals surface area (Å²) in [7, 11) is 0. The van der Waals surface area contributed by atoms with Crippen LogP contribution in [-0.2, 0) is 14.3 Å². The van der Waals surface area contributed by atoms with Gasteiger partial charge in [-0.1, -0.05) is 0 Å². The number of nitriles is 1. The molecular formula is C12H18N2O3S. The van der Waals surface area contributed by atoms with E-state index in [0.29, 0.717) is 13.0 Å². The van der Waals surface area contributed by atoms with Crippen LogP contribution in [0.3, 0.4) is 0 Å². The van der Waals surface area contributed by atoms with Crippen LogP contribution in [0.1, 0.15) is 34.1 Å². The first-order chi connectivity index (χ1) is 8.39. The Kier molecular flexibility index (Phi) is 4.28. The molecule has 100 valence electrons. The van der Waals surface area contributed by atoms with Gasteiger partial charge in [0.1, 0.15) is 9.62 Å². The van der Waals surface area contributed by atoms with Gasteiger partial charge in [-0.15, -0.1) is 11.8 Å². The molecule has 0 aromatic heterocycles. The standard InChI is InChI=1S/C8H10N2OS.C4H8O2/c1-3-10-6(11)7(2)8(10,12-7)4-5-9;1-3-6-4(2)5/h3-4H2,1-2H3;3H2,1-2H3. The SMILES string of the molecule is CCN1C(=O)C2(C)SC12CC#N.CCOC(C)=O. The number of hydrogen-bond acceptors (Lipinski definition) is 5. The highest BCUT2D eigenvalue weighted by Gasteiger charge is 2.83. The highest BCUT2D eigenvalue weighted by molar-refractivity contribution is 8.11. The lowest BCUT2D eigenvalue weighted by Gasteiger charge is -2.41. The lowest BCUT2D eigenvalue weighted by molar-refractivity contribution is -0.147. The number of likely N-dealkylation sites (tertiary alicyclic amines) is 1. The Bertz CT molecular complexity index is 407. The fourth-order valence-corrected chi connectivity index (χ4v) is 3.76. The number of rotatable bonds is 3. The molecule has 0 bridgehead atoms. The van der Waals surface area contributed by atoms with Gasteiger partial charge in [-0.05, 0) is 20.8 Å². The molecule has 0 aliphatic carbocycles. The number of carbonyl (C=O) groups is 2. The van der Waals surface area contributed by atoms with E-state index in [-0.39, 0.29) is 21.5 Å². The van der Waals surface area contributed by atoms with Gasteiger partial charge in [-0.3, -0.25) is 9.59 Å². The summed E-state index contributed by atoms with van der Waals surface area (Å²) in [4.78, 5) is 22.9. The first-order valence-electron chi connectivity index (χ1n) is 5.92. The maximum atomic E-state index is 11.4. The highest BCUT2D eigenvalue weighted by Crippen LogP contribution is 2.74. The summed E-state index contributed by atoms with van der Waals surface area (Å²) in [6, 6.07) is 2.15. The van der Waals surface area contributed by atoms with Crippen molar-refractivity contribution in [2.24, 2.45) is 0 Å². The molecule has 0 spiro atoms. The zero-order valence-corrected chi connectivity index (χ0v) is 12.0. The number of carbonyl (C=O) groups excluding carboxylic acids is 2. The molecule has 1 amide bonds. The van der Waals surface area contributed by atoms with E-state index >= 15 is 0 Å². The predicted molar refractivity (Wildman–Crippen MR) is 68.7 cm³/mol. The molecule has 0 aromatic carbocycles. The van der Waals surface area contributed by atoms with Crippen LogP contribution in [-0.4, -0.2) is 39.5 Å². The van der Waals surface area contributed by atoms with Crippen molar-refractivity contribution in [2.75, 3.05) is 13.2 Å². The van der Waals surface area contributed by atoms with Gasteiger partial charge in [-0.25, -0.2) is 0 Å². The van der Waals surface area contributed by atoms with Gasteiger partial charge in [0.2, 0.25) is 5.91 Å². The molecule has 2 saturated heterocycles. The molecule has 2 unspecified atom stereocenters. The van der Waals surface area contributed by atoms with Gasteiger partial charge in [0.15, 0.2) is 0 Å². The second-order valence-corrected chi connectivity index (χ2v) is 5.92. The van der Waals surface area contributed by atoms with Crippen LogP contribution in [0.25, 0.3) is 0 Å². The van der Waals surface area contributed by atoms with Crippen LogP contribution in [0.5, 0.6) is 0 Å². The second-order valence-electron chi connectivity index (χ2n) is 4.23. The molecule has 2 atom stereocenters. The second kappa shape index (κ2) is 5.19. The normalized spacial score (nSPS) is 31.3. The third-order valence-electron chi connectivity index (χ3n) is 3.15. The molecule has 2 aliphatic heterocycles. The summed E-state index contributed by atoms with van der Waals surface area (Å²) in [5.74, 6) is -0.0113.